The molecule has 0 radical (unpaired) electrons. The molecule has 0 saturated carbocycles. The lowest BCUT2D eigenvalue weighted by Crippen LogP contribution is -1.91. The Morgan fingerprint density at radius 1 is 1.15 bits per heavy atom. The molecule has 0 amide bonds. The van der Waals surface area contributed by atoms with Crippen molar-refractivity contribution in [2.24, 2.45) is 5.10 Å². The Bertz CT molecular complexity index is 379. The molecule has 2 aromatic heterocycles. The zero-order chi connectivity index (χ0) is 8.93. The molecule has 0 aliphatic rings. The van der Waals surface area contributed by atoms with Gasteiger partial charge < -0.3 is 0 Å². The van der Waals surface area contributed by atoms with Crippen molar-refractivity contribution in [3.05, 3.63) is 36.9 Å². The standard InChI is InChI=1S/C7H6N6/c1-7(2-9-4-8-1)3-11-13-6-10-5-12-13/h1-6H/b11-3+. The van der Waals surface area contributed by atoms with Gasteiger partial charge in [0, 0.05) is 18.0 Å². The van der Waals surface area contributed by atoms with Crippen molar-refractivity contribution in [2.75, 3.05) is 0 Å². The summed E-state index contributed by atoms with van der Waals surface area (Å²) in [5, 5.41) is 7.77. The first-order valence-electron chi connectivity index (χ1n) is 3.59. The third-order valence-corrected chi connectivity index (χ3v) is 1.31. The summed E-state index contributed by atoms with van der Waals surface area (Å²) < 4.78 is 0. The summed E-state index contributed by atoms with van der Waals surface area (Å²) in [6, 6.07) is 0. The second kappa shape index (κ2) is 3.53. The average molecular weight is 174 g/mol. The summed E-state index contributed by atoms with van der Waals surface area (Å²) in [5.41, 5.74) is 0.818. The van der Waals surface area contributed by atoms with Gasteiger partial charge in [0.1, 0.15) is 19.0 Å². The predicted molar refractivity (Wildman–Crippen MR) is 45.0 cm³/mol. The van der Waals surface area contributed by atoms with Crippen molar-refractivity contribution >= 4 is 6.21 Å². The second-order valence-corrected chi connectivity index (χ2v) is 2.23. The molecule has 64 valence electrons. The minimum atomic E-state index is 0.818. The van der Waals surface area contributed by atoms with Gasteiger partial charge in [-0.15, -0.1) is 9.89 Å². The van der Waals surface area contributed by atoms with Gasteiger partial charge in [-0.25, -0.2) is 15.0 Å². The third kappa shape index (κ3) is 1.92. The van der Waals surface area contributed by atoms with E-state index < -0.39 is 0 Å². The Hall–Kier alpha value is -2.11. The summed E-state index contributed by atoms with van der Waals surface area (Å²) in [4.78, 5) is 12.8. The van der Waals surface area contributed by atoms with Gasteiger partial charge in [-0.1, -0.05) is 0 Å². The number of nitrogens with zero attached hydrogens (tertiary/aromatic N) is 6. The summed E-state index contributed by atoms with van der Waals surface area (Å²) >= 11 is 0. The van der Waals surface area contributed by atoms with Crippen LogP contribution in [0.15, 0.2) is 36.5 Å². The van der Waals surface area contributed by atoms with Crippen molar-refractivity contribution in [3.63, 3.8) is 0 Å². The molecule has 0 aliphatic heterocycles. The fourth-order valence-corrected chi connectivity index (χ4v) is 0.765. The number of hydrogen-bond donors (Lipinski definition) is 0. The molecule has 0 spiro atoms. The number of hydrogen-bond acceptors (Lipinski definition) is 5. The zero-order valence-corrected chi connectivity index (χ0v) is 6.65. The van der Waals surface area contributed by atoms with E-state index in [0.29, 0.717) is 0 Å². The van der Waals surface area contributed by atoms with E-state index >= 15 is 0 Å². The van der Waals surface area contributed by atoms with Crippen LogP contribution in [-0.4, -0.2) is 31.1 Å². The molecule has 0 saturated heterocycles. The molecule has 0 fully saturated rings. The zero-order valence-electron chi connectivity index (χ0n) is 6.65. The molecule has 13 heavy (non-hydrogen) atoms. The predicted octanol–water partition coefficient (Wildman–Crippen LogP) is -0.0497. The molecule has 6 nitrogen and oxygen atoms in total. The lowest BCUT2D eigenvalue weighted by Gasteiger charge is -1.89. The monoisotopic (exact) mass is 174 g/mol. The maximum absolute atomic E-state index is 3.97. The SMILES string of the molecule is C(=N\n1cncn1)/c1cncnc1. The van der Waals surface area contributed by atoms with Crippen LogP contribution in [0.3, 0.4) is 0 Å². The second-order valence-electron chi connectivity index (χ2n) is 2.23. The van der Waals surface area contributed by atoms with E-state index in [1.54, 1.807) is 18.6 Å². The Labute approximate surface area is 74.0 Å². The lowest BCUT2D eigenvalue weighted by atomic mass is 10.4. The van der Waals surface area contributed by atoms with Gasteiger partial charge in [-0.2, -0.15) is 5.10 Å². The first-order chi connectivity index (χ1) is 6.45. The number of aromatic nitrogens is 5. The van der Waals surface area contributed by atoms with Gasteiger partial charge in [0.15, 0.2) is 0 Å². The normalized spacial score (nSPS) is 10.8. The molecule has 0 aliphatic carbocycles. The quantitative estimate of drug-likeness (QED) is 0.598. The van der Waals surface area contributed by atoms with E-state index in [1.165, 1.54) is 23.8 Å². The van der Waals surface area contributed by atoms with E-state index in [2.05, 4.69) is 25.2 Å². The molecule has 2 rings (SSSR count). The van der Waals surface area contributed by atoms with E-state index in [9.17, 15) is 0 Å². The Morgan fingerprint density at radius 2 is 2.00 bits per heavy atom. The summed E-state index contributed by atoms with van der Waals surface area (Å²) in [7, 11) is 0. The van der Waals surface area contributed by atoms with Crippen molar-refractivity contribution in [1.82, 2.24) is 24.8 Å². The molecule has 0 bridgehead atoms. The molecule has 0 aromatic carbocycles. The largest absolute Gasteiger partial charge is 0.244 e. The Morgan fingerprint density at radius 3 is 2.69 bits per heavy atom. The Kier molecular flexibility index (Phi) is 2.04. The molecule has 2 aromatic rings. The van der Waals surface area contributed by atoms with E-state index in [4.69, 9.17) is 0 Å². The molecule has 0 atom stereocenters. The third-order valence-electron chi connectivity index (χ3n) is 1.31. The van der Waals surface area contributed by atoms with Crippen LogP contribution < -0.4 is 0 Å². The van der Waals surface area contributed by atoms with Gasteiger partial charge in [0.2, 0.25) is 0 Å². The molecular formula is C7H6N6. The maximum atomic E-state index is 3.97. The van der Waals surface area contributed by atoms with Crippen LogP contribution in [0.2, 0.25) is 0 Å². The van der Waals surface area contributed by atoms with E-state index in [-0.39, 0.29) is 0 Å². The first-order valence-corrected chi connectivity index (χ1v) is 3.59. The molecular weight excluding hydrogens is 168 g/mol. The van der Waals surface area contributed by atoms with Gasteiger partial charge in [0.05, 0.1) is 6.21 Å². The minimum Gasteiger partial charge on any atom is -0.244 e. The van der Waals surface area contributed by atoms with Crippen LogP contribution in [0.1, 0.15) is 5.56 Å². The minimum absolute atomic E-state index is 0.818. The fraction of sp³-hybridized carbons (Fsp3) is 0. The molecule has 0 unspecified atom stereocenters. The van der Waals surface area contributed by atoms with Crippen LogP contribution in [0, 0.1) is 0 Å². The fourth-order valence-electron chi connectivity index (χ4n) is 0.765. The van der Waals surface area contributed by atoms with Crippen molar-refractivity contribution < 1.29 is 0 Å². The topological polar surface area (TPSA) is 68.8 Å². The van der Waals surface area contributed by atoms with Gasteiger partial charge in [-0.3, -0.25) is 0 Å². The van der Waals surface area contributed by atoms with Gasteiger partial charge in [-0.05, 0) is 0 Å². The highest BCUT2D eigenvalue weighted by atomic mass is 15.5. The highest BCUT2D eigenvalue weighted by Crippen LogP contribution is 1.87. The molecule has 6 heteroatoms. The highest BCUT2D eigenvalue weighted by molar-refractivity contribution is 5.78. The summed E-state index contributed by atoms with van der Waals surface area (Å²) in [6.45, 7) is 0. The van der Waals surface area contributed by atoms with E-state index in [1.807, 2.05) is 0 Å². The van der Waals surface area contributed by atoms with Crippen LogP contribution >= 0.6 is 0 Å². The van der Waals surface area contributed by atoms with E-state index in [0.717, 1.165) is 5.56 Å². The van der Waals surface area contributed by atoms with Crippen molar-refractivity contribution in [1.29, 1.82) is 0 Å². The lowest BCUT2D eigenvalue weighted by molar-refractivity contribution is 0.743. The smallest absolute Gasteiger partial charge is 0.139 e. The van der Waals surface area contributed by atoms with Crippen LogP contribution in [0.25, 0.3) is 0 Å². The maximum Gasteiger partial charge on any atom is 0.139 e. The average Bonchev–Trinajstić information content (AvgIpc) is 2.69. The van der Waals surface area contributed by atoms with Crippen molar-refractivity contribution in [3.8, 4) is 0 Å². The van der Waals surface area contributed by atoms with Crippen LogP contribution in [0.5, 0.6) is 0 Å². The Balaban J connectivity index is 2.15. The van der Waals surface area contributed by atoms with Crippen molar-refractivity contribution in [2.45, 2.75) is 0 Å². The van der Waals surface area contributed by atoms with Crippen LogP contribution in [0.4, 0.5) is 0 Å². The van der Waals surface area contributed by atoms with Gasteiger partial charge >= 0.3 is 0 Å². The summed E-state index contributed by atoms with van der Waals surface area (Å²) in [6.07, 6.45) is 9.31. The molecule has 2 heterocycles. The molecule has 0 N–H and O–H groups in total. The number of rotatable bonds is 2. The highest BCUT2D eigenvalue weighted by Gasteiger charge is 1.86. The first kappa shape index (κ1) is 7.53. The van der Waals surface area contributed by atoms with Crippen LogP contribution in [-0.2, 0) is 0 Å². The summed E-state index contributed by atoms with van der Waals surface area (Å²) in [5.74, 6) is 0. The van der Waals surface area contributed by atoms with Gasteiger partial charge in [0.25, 0.3) is 0 Å².